The second kappa shape index (κ2) is 7.75. The average Bonchev–Trinajstić information content (AvgIpc) is 2.55. The Morgan fingerprint density at radius 3 is 2.43 bits per heavy atom. The largest absolute Gasteiger partial charge is 0.339 e. The molecule has 0 saturated carbocycles. The third kappa shape index (κ3) is 4.42. The van der Waals surface area contributed by atoms with E-state index in [1.165, 1.54) is 30.0 Å². The fourth-order valence-electron chi connectivity index (χ4n) is 2.59. The number of carbonyl (C=O) groups excluding carboxylic acids is 2. The number of carbonyl (C=O) groups is 2. The van der Waals surface area contributed by atoms with Crippen molar-refractivity contribution in [2.24, 2.45) is 0 Å². The van der Waals surface area contributed by atoms with Crippen LogP contribution in [-0.2, 0) is 9.59 Å². The first-order chi connectivity index (χ1) is 10.9. The molecule has 5 nitrogen and oxygen atoms in total. The van der Waals surface area contributed by atoms with Crippen LogP contribution in [0.3, 0.4) is 0 Å². The Bertz CT molecular complexity index is 589. The minimum absolute atomic E-state index is 0.0661. The molecular weight excluding hydrogens is 321 g/mol. The Kier molecular flexibility index (Phi) is 5.96. The van der Waals surface area contributed by atoms with Gasteiger partial charge in [0.25, 0.3) is 0 Å². The zero-order valence-electron chi connectivity index (χ0n) is 13.4. The number of hydrogen-bond donors (Lipinski definition) is 0. The van der Waals surface area contributed by atoms with E-state index in [9.17, 15) is 14.0 Å². The number of nitrogens with zero attached hydrogens (tertiary/aromatic N) is 3. The number of rotatable bonds is 4. The molecule has 126 valence electrons. The van der Waals surface area contributed by atoms with E-state index in [1.54, 1.807) is 4.90 Å². The SMILES string of the molecule is CCN1CCN(C(=O)CN(C(C)=O)c2ccc(F)c(Cl)c2)CC1. The number of benzene rings is 1. The lowest BCUT2D eigenvalue weighted by molar-refractivity contribution is -0.132. The van der Waals surface area contributed by atoms with Gasteiger partial charge in [0.15, 0.2) is 0 Å². The van der Waals surface area contributed by atoms with Crippen molar-refractivity contribution in [3.63, 3.8) is 0 Å². The van der Waals surface area contributed by atoms with Gasteiger partial charge in [0.2, 0.25) is 11.8 Å². The molecule has 0 aliphatic carbocycles. The summed E-state index contributed by atoms with van der Waals surface area (Å²) < 4.78 is 13.3. The zero-order valence-corrected chi connectivity index (χ0v) is 14.1. The molecule has 1 saturated heterocycles. The molecule has 1 aromatic carbocycles. The predicted octanol–water partition coefficient (Wildman–Crippen LogP) is 2.00. The molecule has 1 heterocycles. The molecule has 0 unspecified atom stereocenters. The summed E-state index contributed by atoms with van der Waals surface area (Å²) in [6, 6.07) is 4.00. The van der Waals surface area contributed by atoms with Gasteiger partial charge in [0, 0.05) is 38.8 Å². The molecular formula is C16H21ClFN3O2. The molecule has 7 heteroatoms. The fraction of sp³-hybridized carbons (Fsp3) is 0.500. The van der Waals surface area contributed by atoms with Gasteiger partial charge in [-0.3, -0.25) is 9.59 Å². The summed E-state index contributed by atoms with van der Waals surface area (Å²) in [4.78, 5) is 29.7. The van der Waals surface area contributed by atoms with Gasteiger partial charge in [-0.15, -0.1) is 0 Å². The quantitative estimate of drug-likeness (QED) is 0.841. The van der Waals surface area contributed by atoms with Crippen LogP contribution < -0.4 is 4.90 Å². The normalized spacial score (nSPS) is 15.6. The lowest BCUT2D eigenvalue weighted by atomic mass is 10.2. The highest BCUT2D eigenvalue weighted by molar-refractivity contribution is 6.31. The molecule has 0 radical (unpaired) electrons. The van der Waals surface area contributed by atoms with E-state index in [2.05, 4.69) is 11.8 Å². The van der Waals surface area contributed by atoms with E-state index >= 15 is 0 Å². The lowest BCUT2D eigenvalue weighted by Crippen LogP contribution is -2.51. The van der Waals surface area contributed by atoms with E-state index < -0.39 is 5.82 Å². The summed E-state index contributed by atoms with van der Waals surface area (Å²) in [5.74, 6) is -0.953. The first kappa shape index (κ1) is 17.7. The monoisotopic (exact) mass is 341 g/mol. The summed E-state index contributed by atoms with van der Waals surface area (Å²) in [5, 5.41) is -0.0715. The van der Waals surface area contributed by atoms with Crippen LogP contribution in [0.1, 0.15) is 13.8 Å². The molecule has 1 fully saturated rings. The zero-order chi connectivity index (χ0) is 17.0. The number of anilines is 1. The van der Waals surface area contributed by atoms with Gasteiger partial charge in [-0.05, 0) is 24.7 Å². The predicted molar refractivity (Wildman–Crippen MR) is 88.1 cm³/mol. The van der Waals surface area contributed by atoms with Crippen molar-refractivity contribution in [3.05, 3.63) is 29.0 Å². The van der Waals surface area contributed by atoms with Gasteiger partial charge >= 0.3 is 0 Å². The second-order valence-electron chi connectivity index (χ2n) is 5.52. The van der Waals surface area contributed by atoms with Crippen LogP contribution in [0.25, 0.3) is 0 Å². The van der Waals surface area contributed by atoms with Crippen molar-refractivity contribution in [2.75, 3.05) is 44.2 Å². The highest BCUT2D eigenvalue weighted by atomic mass is 35.5. The van der Waals surface area contributed by atoms with Crippen LogP contribution in [0.2, 0.25) is 5.02 Å². The Hall–Kier alpha value is -1.66. The third-order valence-electron chi connectivity index (χ3n) is 4.06. The molecule has 2 amide bonds. The van der Waals surface area contributed by atoms with E-state index in [0.29, 0.717) is 18.8 Å². The minimum atomic E-state index is -0.555. The molecule has 0 atom stereocenters. The number of halogens is 2. The van der Waals surface area contributed by atoms with Crippen molar-refractivity contribution in [1.82, 2.24) is 9.80 Å². The van der Waals surface area contributed by atoms with E-state index in [1.807, 2.05) is 0 Å². The minimum Gasteiger partial charge on any atom is -0.339 e. The van der Waals surface area contributed by atoms with Crippen molar-refractivity contribution < 1.29 is 14.0 Å². The number of piperazine rings is 1. The fourth-order valence-corrected chi connectivity index (χ4v) is 2.76. The molecule has 0 N–H and O–H groups in total. The molecule has 2 rings (SSSR count). The van der Waals surface area contributed by atoms with Gasteiger partial charge < -0.3 is 14.7 Å². The summed E-state index contributed by atoms with van der Waals surface area (Å²) in [6.07, 6.45) is 0. The maximum atomic E-state index is 13.3. The molecule has 1 aromatic rings. The van der Waals surface area contributed by atoms with Crippen LogP contribution in [0.5, 0.6) is 0 Å². The average molecular weight is 342 g/mol. The van der Waals surface area contributed by atoms with E-state index in [0.717, 1.165) is 19.6 Å². The van der Waals surface area contributed by atoms with Crippen molar-refractivity contribution in [3.8, 4) is 0 Å². The van der Waals surface area contributed by atoms with Crippen molar-refractivity contribution in [1.29, 1.82) is 0 Å². The Labute approximate surface area is 140 Å². The van der Waals surface area contributed by atoms with Crippen LogP contribution in [-0.4, -0.2) is 60.9 Å². The van der Waals surface area contributed by atoms with Gasteiger partial charge in [-0.1, -0.05) is 18.5 Å². The molecule has 0 bridgehead atoms. The number of hydrogen-bond acceptors (Lipinski definition) is 3. The summed E-state index contributed by atoms with van der Waals surface area (Å²) in [7, 11) is 0. The van der Waals surface area contributed by atoms with Crippen molar-refractivity contribution in [2.45, 2.75) is 13.8 Å². The molecule has 1 aliphatic heterocycles. The van der Waals surface area contributed by atoms with Crippen LogP contribution in [0.15, 0.2) is 18.2 Å². The number of amides is 2. The van der Waals surface area contributed by atoms with Crippen molar-refractivity contribution >= 4 is 29.1 Å². The number of likely N-dealkylation sites (N-methyl/N-ethyl adjacent to an activating group) is 1. The van der Waals surface area contributed by atoms with Gasteiger partial charge in [0.05, 0.1) is 5.02 Å². The first-order valence-corrected chi connectivity index (χ1v) is 8.03. The van der Waals surface area contributed by atoms with E-state index in [4.69, 9.17) is 11.6 Å². The maximum absolute atomic E-state index is 13.3. The Balaban J connectivity index is 2.06. The van der Waals surface area contributed by atoms with Gasteiger partial charge in [0.1, 0.15) is 12.4 Å². The smallest absolute Gasteiger partial charge is 0.242 e. The second-order valence-corrected chi connectivity index (χ2v) is 5.93. The molecule has 23 heavy (non-hydrogen) atoms. The topological polar surface area (TPSA) is 43.9 Å². The van der Waals surface area contributed by atoms with E-state index in [-0.39, 0.29) is 23.4 Å². The van der Waals surface area contributed by atoms with Gasteiger partial charge in [-0.2, -0.15) is 0 Å². The third-order valence-corrected chi connectivity index (χ3v) is 4.35. The Morgan fingerprint density at radius 2 is 1.91 bits per heavy atom. The highest BCUT2D eigenvalue weighted by Gasteiger charge is 2.24. The Morgan fingerprint density at radius 1 is 1.26 bits per heavy atom. The van der Waals surface area contributed by atoms with Crippen LogP contribution in [0, 0.1) is 5.82 Å². The van der Waals surface area contributed by atoms with Gasteiger partial charge in [-0.25, -0.2) is 4.39 Å². The summed E-state index contributed by atoms with van der Waals surface area (Å²) in [6.45, 7) is 7.35. The summed E-state index contributed by atoms with van der Waals surface area (Å²) >= 11 is 5.77. The molecule has 0 spiro atoms. The van der Waals surface area contributed by atoms with Crippen LogP contribution in [0.4, 0.5) is 10.1 Å². The first-order valence-electron chi connectivity index (χ1n) is 7.65. The highest BCUT2D eigenvalue weighted by Crippen LogP contribution is 2.23. The molecule has 1 aliphatic rings. The standard InChI is InChI=1S/C16H21ClFN3O2/c1-3-19-6-8-20(9-7-19)16(23)11-21(12(2)22)13-4-5-15(18)14(17)10-13/h4-5,10H,3,6-9,11H2,1-2H3. The van der Waals surface area contributed by atoms with Crippen LogP contribution >= 0.6 is 11.6 Å². The summed E-state index contributed by atoms with van der Waals surface area (Å²) in [5.41, 5.74) is 0.421. The maximum Gasteiger partial charge on any atom is 0.242 e. The lowest BCUT2D eigenvalue weighted by Gasteiger charge is -2.35. The molecule has 0 aromatic heterocycles.